The van der Waals surface area contributed by atoms with E-state index in [0.29, 0.717) is 23.9 Å². The Morgan fingerprint density at radius 3 is 2.35 bits per heavy atom. The Kier molecular flexibility index (Phi) is 5.88. The van der Waals surface area contributed by atoms with Crippen molar-refractivity contribution in [2.45, 2.75) is 77.8 Å². The summed E-state index contributed by atoms with van der Waals surface area (Å²) in [6.45, 7) is 9.94. The first-order valence-electron chi connectivity index (χ1n) is 8.65. The van der Waals surface area contributed by atoms with Crippen LogP contribution in [0.1, 0.15) is 65.7 Å². The van der Waals surface area contributed by atoms with Gasteiger partial charge in [-0.3, -0.25) is 9.69 Å². The molecular formula is C17H32N2O. The molecule has 2 rings (SSSR count). The van der Waals surface area contributed by atoms with Crippen molar-refractivity contribution in [3.05, 3.63) is 0 Å². The number of unbranched alkanes of at least 4 members (excludes halogenated alkanes) is 1. The molecule has 2 aliphatic heterocycles. The zero-order chi connectivity index (χ0) is 14.5. The van der Waals surface area contributed by atoms with E-state index in [1.807, 2.05) is 0 Å². The first-order chi connectivity index (χ1) is 9.61. The third-order valence-corrected chi connectivity index (χ3v) is 4.93. The zero-order valence-electron chi connectivity index (χ0n) is 13.6. The SMILES string of the molecule is CCCCN1[C@@H]2CC[C@H]1CN(C(=O)CCCC(C)C)C2. The van der Waals surface area contributed by atoms with Gasteiger partial charge in [0, 0.05) is 31.6 Å². The number of likely N-dealkylation sites (tertiary alicyclic amines) is 1. The van der Waals surface area contributed by atoms with Crippen molar-refractivity contribution in [1.29, 1.82) is 0 Å². The predicted octanol–water partition coefficient (Wildman–Crippen LogP) is 3.29. The molecule has 0 unspecified atom stereocenters. The molecule has 0 aliphatic carbocycles. The first kappa shape index (κ1) is 15.8. The molecule has 3 heteroatoms. The Bertz CT molecular complexity index is 302. The van der Waals surface area contributed by atoms with Gasteiger partial charge in [-0.05, 0) is 38.1 Å². The molecule has 0 aromatic heterocycles. The Morgan fingerprint density at radius 1 is 1.15 bits per heavy atom. The smallest absolute Gasteiger partial charge is 0.222 e. The van der Waals surface area contributed by atoms with Crippen LogP contribution in [0.4, 0.5) is 0 Å². The van der Waals surface area contributed by atoms with Crippen LogP contribution in [0.25, 0.3) is 0 Å². The second-order valence-corrected chi connectivity index (χ2v) is 7.06. The van der Waals surface area contributed by atoms with Gasteiger partial charge in [0.1, 0.15) is 0 Å². The second kappa shape index (κ2) is 7.44. The van der Waals surface area contributed by atoms with Gasteiger partial charge in [0.2, 0.25) is 5.91 Å². The van der Waals surface area contributed by atoms with E-state index >= 15 is 0 Å². The summed E-state index contributed by atoms with van der Waals surface area (Å²) in [6, 6.07) is 1.30. The molecule has 0 spiro atoms. The Morgan fingerprint density at radius 2 is 1.80 bits per heavy atom. The Balaban J connectivity index is 1.78. The van der Waals surface area contributed by atoms with Crippen molar-refractivity contribution in [3.63, 3.8) is 0 Å². The fourth-order valence-electron chi connectivity index (χ4n) is 3.72. The normalized spacial score (nSPS) is 26.5. The quantitative estimate of drug-likeness (QED) is 0.714. The molecule has 2 aliphatic rings. The van der Waals surface area contributed by atoms with Crippen LogP contribution in [0.3, 0.4) is 0 Å². The average molecular weight is 280 g/mol. The van der Waals surface area contributed by atoms with Crippen LogP contribution >= 0.6 is 0 Å². The molecule has 0 aromatic carbocycles. The number of nitrogens with zero attached hydrogens (tertiary/aromatic N) is 2. The zero-order valence-corrected chi connectivity index (χ0v) is 13.6. The fourth-order valence-corrected chi connectivity index (χ4v) is 3.72. The van der Waals surface area contributed by atoms with E-state index < -0.39 is 0 Å². The summed E-state index contributed by atoms with van der Waals surface area (Å²) in [5.41, 5.74) is 0. The lowest BCUT2D eigenvalue weighted by Crippen LogP contribution is -2.55. The Labute approximate surface area is 124 Å². The van der Waals surface area contributed by atoms with Crippen LogP contribution in [0.2, 0.25) is 0 Å². The first-order valence-corrected chi connectivity index (χ1v) is 8.65. The monoisotopic (exact) mass is 280 g/mol. The van der Waals surface area contributed by atoms with Crippen LogP contribution in [0, 0.1) is 5.92 Å². The summed E-state index contributed by atoms with van der Waals surface area (Å²) in [5.74, 6) is 1.11. The topological polar surface area (TPSA) is 23.6 Å². The number of amides is 1. The van der Waals surface area contributed by atoms with Gasteiger partial charge >= 0.3 is 0 Å². The third kappa shape index (κ3) is 3.97. The summed E-state index contributed by atoms with van der Waals surface area (Å²) >= 11 is 0. The highest BCUT2D eigenvalue weighted by Crippen LogP contribution is 2.30. The minimum Gasteiger partial charge on any atom is -0.340 e. The van der Waals surface area contributed by atoms with Crippen LogP contribution in [0.5, 0.6) is 0 Å². The van der Waals surface area contributed by atoms with Crippen molar-refractivity contribution in [2.24, 2.45) is 5.92 Å². The predicted molar refractivity (Wildman–Crippen MR) is 83.7 cm³/mol. The van der Waals surface area contributed by atoms with Crippen molar-refractivity contribution < 1.29 is 4.79 Å². The minimum absolute atomic E-state index is 0.401. The van der Waals surface area contributed by atoms with Gasteiger partial charge in [0.05, 0.1) is 0 Å². The van der Waals surface area contributed by atoms with Gasteiger partial charge in [0.25, 0.3) is 0 Å². The van der Waals surface area contributed by atoms with Gasteiger partial charge in [0.15, 0.2) is 0 Å². The van der Waals surface area contributed by atoms with Crippen molar-refractivity contribution in [3.8, 4) is 0 Å². The number of rotatable bonds is 7. The van der Waals surface area contributed by atoms with E-state index in [1.54, 1.807) is 0 Å². The summed E-state index contributed by atoms with van der Waals surface area (Å²) in [4.78, 5) is 17.2. The van der Waals surface area contributed by atoms with E-state index in [9.17, 15) is 4.79 Å². The van der Waals surface area contributed by atoms with E-state index in [-0.39, 0.29) is 0 Å². The molecule has 20 heavy (non-hydrogen) atoms. The molecular weight excluding hydrogens is 248 g/mol. The lowest BCUT2D eigenvalue weighted by atomic mass is 10.1. The summed E-state index contributed by atoms with van der Waals surface area (Å²) < 4.78 is 0. The van der Waals surface area contributed by atoms with Crippen molar-refractivity contribution in [2.75, 3.05) is 19.6 Å². The summed E-state index contributed by atoms with van der Waals surface area (Å²) in [5, 5.41) is 0. The molecule has 2 fully saturated rings. The minimum atomic E-state index is 0.401. The number of hydrogen-bond donors (Lipinski definition) is 0. The summed E-state index contributed by atoms with van der Waals surface area (Å²) in [6.07, 6.45) is 8.15. The lowest BCUT2D eigenvalue weighted by molar-refractivity contribution is -0.134. The van der Waals surface area contributed by atoms with E-state index in [0.717, 1.165) is 25.9 Å². The number of carbonyl (C=O) groups is 1. The largest absolute Gasteiger partial charge is 0.340 e. The van der Waals surface area contributed by atoms with Crippen LogP contribution in [-0.2, 0) is 4.79 Å². The standard InChI is InChI=1S/C17H32N2O/c1-4-5-11-19-15-9-10-16(19)13-18(12-15)17(20)8-6-7-14(2)3/h14-16H,4-13H2,1-3H3/t15-,16+. The molecule has 3 nitrogen and oxygen atoms in total. The molecule has 1 amide bonds. The van der Waals surface area contributed by atoms with Crippen LogP contribution in [0.15, 0.2) is 0 Å². The van der Waals surface area contributed by atoms with E-state index in [2.05, 4.69) is 30.6 Å². The highest BCUT2D eigenvalue weighted by Gasteiger charge is 2.40. The maximum absolute atomic E-state index is 12.3. The third-order valence-electron chi connectivity index (χ3n) is 4.93. The van der Waals surface area contributed by atoms with Crippen LogP contribution in [-0.4, -0.2) is 47.4 Å². The van der Waals surface area contributed by atoms with Gasteiger partial charge in [-0.1, -0.05) is 33.6 Å². The Hall–Kier alpha value is -0.570. The summed E-state index contributed by atoms with van der Waals surface area (Å²) in [7, 11) is 0. The van der Waals surface area contributed by atoms with Crippen LogP contribution < -0.4 is 0 Å². The number of piperazine rings is 1. The molecule has 2 saturated heterocycles. The van der Waals surface area contributed by atoms with E-state index in [1.165, 1.54) is 38.6 Å². The van der Waals surface area contributed by atoms with Gasteiger partial charge in [-0.25, -0.2) is 0 Å². The van der Waals surface area contributed by atoms with Gasteiger partial charge in [-0.15, -0.1) is 0 Å². The number of carbonyl (C=O) groups excluding carboxylic acids is 1. The molecule has 0 saturated carbocycles. The number of fused-ring (bicyclic) bond motifs is 2. The second-order valence-electron chi connectivity index (χ2n) is 7.06. The van der Waals surface area contributed by atoms with E-state index in [4.69, 9.17) is 0 Å². The lowest BCUT2D eigenvalue weighted by Gasteiger charge is -2.41. The molecule has 0 aromatic rings. The maximum Gasteiger partial charge on any atom is 0.222 e. The molecule has 0 N–H and O–H groups in total. The molecule has 2 atom stereocenters. The van der Waals surface area contributed by atoms with Gasteiger partial charge < -0.3 is 4.90 Å². The molecule has 116 valence electrons. The fraction of sp³-hybridized carbons (Fsp3) is 0.941. The maximum atomic E-state index is 12.3. The number of hydrogen-bond acceptors (Lipinski definition) is 2. The highest BCUT2D eigenvalue weighted by atomic mass is 16.2. The average Bonchev–Trinajstić information content (AvgIpc) is 2.64. The van der Waals surface area contributed by atoms with Crippen molar-refractivity contribution in [1.82, 2.24) is 9.80 Å². The molecule has 2 heterocycles. The molecule has 2 bridgehead atoms. The molecule has 0 radical (unpaired) electrons. The highest BCUT2D eigenvalue weighted by molar-refractivity contribution is 5.76. The van der Waals surface area contributed by atoms with Crippen molar-refractivity contribution >= 4 is 5.91 Å². The van der Waals surface area contributed by atoms with Gasteiger partial charge in [-0.2, -0.15) is 0 Å².